The van der Waals surface area contributed by atoms with Gasteiger partial charge in [-0.1, -0.05) is 394 Å². The molecule has 1 amide bonds. The van der Waals surface area contributed by atoms with E-state index in [9.17, 15) is 19.4 Å². The first-order chi connectivity index (χ1) is 46.0. The lowest BCUT2D eigenvalue weighted by Crippen LogP contribution is -2.45. The van der Waals surface area contributed by atoms with E-state index in [4.69, 9.17) is 9.05 Å². The molecule has 0 rings (SSSR count). The van der Waals surface area contributed by atoms with Crippen molar-refractivity contribution in [2.24, 2.45) is 0 Å². The molecule has 0 spiro atoms. The number of nitrogens with zero attached hydrogens (tertiary/aromatic N) is 1. The average Bonchev–Trinajstić information content (AvgIpc) is 1.77. The molecular weight excluding hydrogens is 1180 g/mol. The highest BCUT2D eigenvalue weighted by Gasteiger charge is 2.28. The van der Waals surface area contributed by atoms with Gasteiger partial charge in [-0.25, -0.2) is 4.57 Å². The molecule has 0 heterocycles. The van der Waals surface area contributed by atoms with Gasteiger partial charge in [-0.2, -0.15) is 0 Å². The van der Waals surface area contributed by atoms with Crippen LogP contribution in [0, 0.1) is 0 Å². The molecule has 0 saturated carbocycles. The average molecular weight is 1340 g/mol. The fraction of sp³-hybridized carbons (Fsp3) is 0.824. The summed E-state index contributed by atoms with van der Waals surface area (Å²) in [6.07, 6.45) is 108. The highest BCUT2D eigenvalue weighted by molar-refractivity contribution is 7.47. The summed E-state index contributed by atoms with van der Waals surface area (Å²) in [6.45, 7) is 4.73. The first-order valence-electron chi connectivity index (χ1n) is 41.0. The largest absolute Gasteiger partial charge is 0.472 e. The van der Waals surface area contributed by atoms with E-state index in [2.05, 4.69) is 92.1 Å². The van der Waals surface area contributed by atoms with Gasteiger partial charge in [0.2, 0.25) is 5.91 Å². The van der Waals surface area contributed by atoms with Crippen LogP contribution in [0.15, 0.2) is 85.1 Å². The Morgan fingerprint density at radius 3 is 0.979 bits per heavy atom. The number of quaternary nitrogens is 1. The van der Waals surface area contributed by atoms with Gasteiger partial charge in [-0.15, -0.1) is 0 Å². The van der Waals surface area contributed by atoms with E-state index < -0.39 is 20.0 Å². The van der Waals surface area contributed by atoms with Gasteiger partial charge in [0.25, 0.3) is 0 Å². The number of amides is 1. The van der Waals surface area contributed by atoms with Crippen molar-refractivity contribution < 1.29 is 32.9 Å². The van der Waals surface area contributed by atoms with Crippen molar-refractivity contribution in [1.29, 1.82) is 0 Å². The normalized spacial score (nSPS) is 13.9. The molecule has 0 aromatic carbocycles. The van der Waals surface area contributed by atoms with Crippen LogP contribution in [0.4, 0.5) is 0 Å². The Kier molecular flexibility index (Phi) is 73.0. The summed E-state index contributed by atoms with van der Waals surface area (Å²) in [5, 5.41) is 14.0. The van der Waals surface area contributed by atoms with Crippen LogP contribution < -0.4 is 5.32 Å². The Balaban J connectivity index is 3.96. The lowest BCUT2D eigenvalue weighted by Gasteiger charge is -2.25. The van der Waals surface area contributed by atoms with Crippen molar-refractivity contribution in [3.63, 3.8) is 0 Å². The van der Waals surface area contributed by atoms with E-state index >= 15 is 0 Å². The molecule has 0 saturated heterocycles. The Morgan fingerprint density at radius 2 is 0.649 bits per heavy atom. The molecule has 8 nitrogen and oxygen atoms in total. The van der Waals surface area contributed by atoms with Crippen LogP contribution in [0.3, 0.4) is 0 Å². The molecule has 0 bridgehead atoms. The SMILES string of the molecule is CC/C=C\C/C=C\C/C=C\C/C=C\CCCCCCCCCCCCCCCCCCCCCCCCCCCCCCC(=O)NC(COP(=O)(O)OCC[N+](C)(C)C)C(O)/C=C/CC/C=C/CC/C=C/CCCCCCCCCCCCCCCCCCCCCCC. The van der Waals surface area contributed by atoms with Crippen LogP contribution in [-0.4, -0.2) is 73.4 Å². The van der Waals surface area contributed by atoms with E-state index in [0.29, 0.717) is 17.4 Å². The lowest BCUT2D eigenvalue weighted by atomic mass is 10.0. The number of carbonyl (C=O) groups is 1. The predicted octanol–water partition coefficient (Wildman–Crippen LogP) is 27.0. The lowest BCUT2D eigenvalue weighted by molar-refractivity contribution is -0.870. The maximum Gasteiger partial charge on any atom is 0.472 e. The minimum Gasteiger partial charge on any atom is -0.387 e. The van der Waals surface area contributed by atoms with Gasteiger partial charge in [-0.05, 0) is 83.5 Å². The van der Waals surface area contributed by atoms with Crippen molar-refractivity contribution in [3.05, 3.63) is 85.1 Å². The number of phosphoric ester groups is 1. The molecule has 3 unspecified atom stereocenters. The topological polar surface area (TPSA) is 105 Å². The second kappa shape index (κ2) is 74.9. The van der Waals surface area contributed by atoms with E-state index in [1.165, 1.54) is 308 Å². The number of hydrogen-bond donors (Lipinski definition) is 3. The van der Waals surface area contributed by atoms with Gasteiger partial charge in [-0.3, -0.25) is 13.8 Å². The van der Waals surface area contributed by atoms with E-state index in [1.807, 2.05) is 27.2 Å². The molecule has 0 aromatic rings. The fourth-order valence-corrected chi connectivity index (χ4v) is 13.0. The Morgan fingerprint density at radius 1 is 0.372 bits per heavy atom. The fourth-order valence-electron chi connectivity index (χ4n) is 12.3. The van der Waals surface area contributed by atoms with Crippen LogP contribution in [0.1, 0.15) is 399 Å². The minimum atomic E-state index is -4.37. The molecule has 94 heavy (non-hydrogen) atoms. The number of nitrogens with one attached hydrogen (secondary N) is 1. The van der Waals surface area contributed by atoms with Crippen molar-refractivity contribution >= 4 is 13.7 Å². The van der Waals surface area contributed by atoms with Crippen LogP contribution >= 0.6 is 7.82 Å². The molecule has 0 aliphatic rings. The van der Waals surface area contributed by atoms with Crippen LogP contribution in [-0.2, 0) is 18.4 Å². The number of hydrogen-bond acceptors (Lipinski definition) is 5. The zero-order chi connectivity index (χ0) is 68.3. The van der Waals surface area contributed by atoms with Crippen molar-refractivity contribution in [2.75, 3.05) is 40.9 Å². The summed E-state index contributed by atoms with van der Waals surface area (Å²) in [6, 6.07) is -0.873. The maximum absolute atomic E-state index is 13.1. The van der Waals surface area contributed by atoms with Gasteiger partial charge < -0.3 is 19.8 Å². The molecule has 9 heteroatoms. The molecule has 0 radical (unpaired) electrons. The third-order valence-corrected chi connectivity index (χ3v) is 19.6. The monoisotopic (exact) mass is 1340 g/mol. The third kappa shape index (κ3) is 77.0. The standard InChI is InChI=1S/C85H159N2O6P/c1-6-8-10-12-14-16-18-20-22-24-26-28-30-32-34-36-38-39-40-41-42-43-44-45-46-47-49-51-53-55-57-59-61-63-65-67-69-71-73-75-77-79-85(89)86-83(82-93-94(90,91)92-81-80-87(3,4)5)84(88)78-76-74-72-70-68-66-64-62-60-58-56-54-52-50-48-37-35-33-31-29-27-25-23-21-19-17-15-13-11-9-7-2/h8,10,14,16,20,22,26,28,60,62,68,70,76,78,83-84,88H,6-7,9,11-13,15,17-19,21,23-25,27,29-59,61,63-67,69,71-75,77,79-82H2,1-5H3,(H-,86,89,90,91)/p+1/b10-8-,16-14-,22-20-,28-26-,62-60+,70-68+,78-76+. The zero-order valence-corrected chi connectivity index (χ0v) is 64.1. The minimum absolute atomic E-state index is 0.0535. The maximum atomic E-state index is 13.1. The predicted molar refractivity (Wildman–Crippen MR) is 415 cm³/mol. The Bertz CT molecular complexity index is 1820. The first kappa shape index (κ1) is 91.7. The summed E-state index contributed by atoms with van der Waals surface area (Å²) < 4.78 is 23.9. The van der Waals surface area contributed by atoms with E-state index in [1.54, 1.807) is 6.08 Å². The second-order valence-corrected chi connectivity index (χ2v) is 30.6. The van der Waals surface area contributed by atoms with Crippen LogP contribution in [0.2, 0.25) is 0 Å². The zero-order valence-electron chi connectivity index (χ0n) is 63.2. The molecule has 0 aliphatic carbocycles. The third-order valence-electron chi connectivity index (χ3n) is 18.6. The number of likely N-dealkylation sites (N-methyl/N-ethyl adjacent to an activating group) is 1. The number of aliphatic hydroxyl groups is 1. The number of allylic oxidation sites excluding steroid dienone is 13. The summed E-state index contributed by atoms with van der Waals surface area (Å²) in [4.78, 5) is 23.5. The first-order valence-corrected chi connectivity index (χ1v) is 42.5. The van der Waals surface area contributed by atoms with Gasteiger partial charge >= 0.3 is 7.82 Å². The molecule has 550 valence electrons. The molecule has 0 aliphatic heterocycles. The molecule has 0 fully saturated rings. The van der Waals surface area contributed by atoms with E-state index in [-0.39, 0.29) is 19.1 Å². The second-order valence-electron chi connectivity index (χ2n) is 29.1. The van der Waals surface area contributed by atoms with Crippen molar-refractivity contribution in [2.45, 2.75) is 411 Å². The Labute approximate surface area is 586 Å². The van der Waals surface area contributed by atoms with Gasteiger partial charge in [0.15, 0.2) is 0 Å². The quantitative estimate of drug-likeness (QED) is 0.0243. The summed E-state index contributed by atoms with van der Waals surface area (Å²) in [5.41, 5.74) is 0. The summed E-state index contributed by atoms with van der Waals surface area (Å²) in [7, 11) is 1.56. The van der Waals surface area contributed by atoms with Crippen molar-refractivity contribution in [3.8, 4) is 0 Å². The van der Waals surface area contributed by atoms with E-state index in [0.717, 1.165) is 70.6 Å². The van der Waals surface area contributed by atoms with Crippen LogP contribution in [0.5, 0.6) is 0 Å². The van der Waals surface area contributed by atoms with Crippen molar-refractivity contribution in [1.82, 2.24) is 5.32 Å². The number of rotatable bonds is 76. The highest BCUT2D eigenvalue weighted by atomic mass is 31.2. The number of carbonyl (C=O) groups excluding carboxylic acids is 1. The summed E-state index contributed by atoms with van der Waals surface area (Å²) in [5.74, 6) is -0.184. The van der Waals surface area contributed by atoms with Gasteiger partial charge in [0.05, 0.1) is 39.9 Å². The number of unbranched alkanes of at least 4 members (excludes halogenated alkanes) is 51. The molecule has 0 aromatic heterocycles. The smallest absolute Gasteiger partial charge is 0.387 e. The van der Waals surface area contributed by atoms with Gasteiger partial charge in [0, 0.05) is 6.42 Å². The summed E-state index contributed by atoms with van der Waals surface area (Å²) >= 11 is 0. The van der Waals surface area contributed by atoms with Gasteiger partial charge in [0.1, 0.15) is 13.2 Å². The highest BCUT2D eigenvalue weighted by Crippen LogP contribution is 2.43. The molecule has 3 atom stereocenters. The Hall–Kier alpha value is -2.32. The van der Waals surface area contributed by atoms with Crippen LogP contribution in [0.25, 0.3) is 0 Å². The number of aliphatic hydroxyl groups excluding tert-OH is 1. The molecule has 3 N–H and O–H groups in total. The molecular formula is C85H160N2O6P+. The number of phosphoric acid groups is 1.